The highest BCUT2D eigenvalue weighted by Gasteiger charge is 2.28. The molecule has 0 aromatic heterocycles. The molecule has 140 valence electrons. The molecule has 0 saturated carbocycles. The number of rotatable bonds is 7. The van der Waals surface area contributed by atoms with Gasteiger partial charge in [-0.15, -0.1) is 0 Å². The monoisotopic (exact) mass is 346 g/mol. The van der Waals surface area contributed by atoms with E-state index in [1.807, 2.05) is 24.3 Å². The minimum Gasteiger partial charge on any atom is -0.375 e. The molecule has 1 saturated heterocycles. The summed E-state index contributed by atoms with van der Waals surface area (Å²) in [4.78, 5) is 19.5. The van der Waals surface area contributed by atoms with Crippen molar-refractivity contribution in [1.82, 2.24) is 15.1 Å². The van der Waals surface area contributed by atoms with Crippen LogP contribution in [-0.2, 0) is 0 Å². The van der Waals surface area contributed by atoms with Gasteiger partial charge in [0.1, 0.15) is 0 Å². The summed E-state index contributed by atoms with van der Waals surface area (Å²) in [7, 11) is 6.38. The van der Waals surface area contributed by atoms with Gasteiger partial charge in [-0.1, -0.05) is 13.3 Å². The van der Waals surface area contributed by atoms with E-state index in [4.69, 9.17) is 0 Å². The molecule has 0 bridgehead atoms. The number of unbranched alkanes of at least 4 members (excludes halogenated alkanes) is 1. The Hall–Kier alpha value is -1.59. The van der Waals surface area contributed by atoms with Crippen LogP contribution in [0.5, 0.6) is 0 Å². The largest absolute Gasteiger partial charge is 0.375 e. The Morgan fingerprint density at radius 2 is 1.96 bits per heavy atom. The maximum Gasteiger partial charge on any atom is 0.251 e. The minimum absolute atomic E-state index is 0.0110. The Morgan fingerprint density at radius 1 is 1.28 bits per heavy atom. The average molecular weight is 347 g/mol. The average Bonchev–Trinajstić information content (AvgIpc) is 2.61. The van der Waals surface area contributed by atoms with Gasteiger partial charge in [-0.25, -0.2) is 0 Å². The zero-order valence-electron chi connectivity index (χ0n) is 16.5. The lowest BCUT2D eigenvalue weighted by Gasteiger charge is -2.41. The van der Waals surface area contributed by atoms with Crippen molar-refractivity contribution in [2.24, 2.45) is 0 Å². The minimum atomic E-state index is 0.0110. The Kier molecular flexibility index (Phi) is 7.26. The van der Waals surface area contributed by atoms with Gasteiger partial charge < -0.3 is 15.1 Å². The van der Waals surface area contributed by atoms with E-state index in [1.54, 1.807) is 0 Å². The lowest BCUT2D eigenvalue weighted by molar-refractivity contribution is 0.0772. The highest BCUT2D eigenvalue weighted by molar-refractivity contribution is 5.94. The smallest absolute Gasteiger partial charge is 0.251 e. The molecular weight excluding hydrogens is 312 g/mol. The first-order valence-corrected chi connectivity index (χ1v) is 9.43. The van der Waals surface area contributed by atoms with Crippen LogP contribution in [0.1, 0.15) is 37.0 Å². The fraction of sp³-hybridized carbons (Fsp3) is 0.650. The number of nitrogens with zero attached hydrogens (tertiary/aromatic N) is 3. The molecule has 2 atom stereocenters. The zero-order valence-corrected chi connectivity index (χ0v) is 16.5. The topological polar surface area (TPSA) is 38.8 Å². The summed E-state index contributed by atoms with van der Waals surface area (Å²) in [5.74, 6) is 0.0110. The normalized spacial score (nSPS) is 20.3. The standard InChI is InChI=1S/C20H34N4O/c1-6-7-12-23(4)18-10-8-17(9-11-18)20(25)21-16(2)19-15-22(3)13-14-24(19)5/h8-11,16,19H,6-7,12-15H2,1-5H3,(H,21,25). The van der Waals surface area contributed by atoms with Gasteiger partial charge in [0.05, 0.1) is 0 Å². The molecule has 1 amide bonds. The van der Waals surface area contributed by atoms with Crippen LogP contribution >= 0.6 is 0 Å². The zero-order chi connectivity index (χ0) is 18.4. The number of hydrogen-bond acceptors (Lipinski definition) is 4. The molecule has 5 heteroatoms. The van der Waals surface area contributed by atoms with Crippen LogP contribution in [0.2, 0.25) is 0 Å². The number of carbonyl (C=O) groups is 1. The van der Waals surface area contributed by atoms with Crippen molar-refractivity contribution in [3.8, 4) is 0 Å². The van der Waals surface area contributed by atoms with Crippen molar-refractivity contribution in [3.63, 3.8) is 0 Å². The van der Waals surface area contributed by atoms with Crippen LogP contribution in [0.3, 0.4) is 0 Å². The van der Waals surface area contributed by atoms with Crippen molar-refractivity contribution < 1.29 is 4.79 Å². The van der Waals surface area contributed by atoms with Crippen LogP contribution in [0, 0.1) is 0 Å². The summed E-state index contributed by atoms with van der Waals surface area (Å²) in [6.07, 6.45) is 2.37. The second kappa shape index (κ2) is 9.20. The summed E-state index contributed by atoms with van der Waals surface area (Å²) in [5.41, 5.74) is 1.89. The Morgan fingerprint density at radius 3 is 2.60 bits per heavy atom. The molecule has 0 radical (unpaired) electrons. The Balaban J connectivity index is 1.93. The lowest BCUT2D eigenvalue weighted by atomic mass is 10.0. The van der Waals surface area contributed by atoms with E-state index in [2.05, 4.69) is 55.0 Å². The molecule has 1 N–H and O–H groups in total. The maximum atomic E-state index is 12.6. The number of carbonyl (C=O) groups excluding carboxylic acids is 1. The van der Waals surface area contributed by atoms with E-state index in [9.17, 15) is 4.79 Å². The number of anilines is 1. The van der Waals surface area contributed by atoms with Crippen molar-refractivity contribution in [1.29, 1.82) is 0 Å². The first-order valence-electron chi connectivity index (χ1n) is 9.43. The summed E-state index contributed by atoms with van der Waals surface area (Å²) in [5, 5.41) is 3.18. The summed E-state index contributed by atoms with van der Waals surface area (Å²) in [6.45, 7) is 8.45. The van der Waals surface area contributed by atoms with E-state index in [1.165, 1.54) is 12.8 Å². The second-order valence-electron chi connectivity index (χ2n) is 7.39. The molecule has 1 fully saturated rings. The predicted molar refractivity (Wildman–Crippen MR) is 105 cm³/mol. The van der Waals surface area contributed by atoms with Gasteiger partial charge in [-0.2, -0.15) is 0 Å². The highest BCUT2D eigenvalue weighted by atomic mass is 16.1. The predicted octanol–water partition coefficient (Wildman–Crippen LogP) is 2.29. The third-order valence-corrected chi connectivity index (χ3v) is 5.25. The van der Waals surface area contributed by atoms with E-state index in [0.29, 0.717) is 6.04 Å². The van der Waals surface area contributed by atoms with Crippen LogP contribution in [0.4, 0.5) is 5.69 Å². The molecule has 0 spiro atoms. The summed E-state index contributed by atoms with van der Waals surface area (Å²) < 4.78 is 0. The van der Waals surface area contributed by atoms with E-state index < -0.39 is 0 Å². The van der Waals surface area contributed by atoms with Gasteiger partial charge in [-0.3, -0.25) is 9.69 Å². The molecule has 1 aromatic rings. The van der Waals surface area contributed by atoms with Crippen molar-refractivity contribution in [2.45, 2.75) is 38.8 Å². The van der Waals surface area contributed by atoms with Gasteiger partial charge in [0.25, 0.3) is 5.91 Å². The highest BCUT2D eigenvalue weighted by Crippen LogP contribution is 2.15. The number of amides is 1. The molecule has 1 aromatic carbocycles. The molecule has 1 aliphatic heterocycles. The number of likely N-dealkylation sites (N-methyl/N-ethyl adjacent to an activating group) is 2. The summed E-state index contributed by atoms with van der Waals surface area (Å²) in [6, 6.07) is 8.40. The maximum absolute atomic E-state index is 12.6. The molecule has 2 unspecified atom stereocenters. The van der Waals surface area contributed by atoms with Crippen LogP contribution < -0.4 is 10.2 Å². The number of benzene rings is 1. The Bertz CT molecular complexity index is 545. The number of nitrogens with one attached hydrogen (secondary N) is 1. The lowest BCUT2D eigenvalue weighted by Crippen LogP contribution is -2.58. The fourth-order valence-corrected chi connectivity index (χ4v) is 3.36. The first-order chi connectivity index (χ1) is 11.9. The van der Waals surface area contributed by atoms with Crippen LogP contribution in [0.15, 0.2) is 24.3 Å². The van der Waals surface area contributed by atoms with E-state index in [-0.39, 0.29) is 11.9 Å². The van der Waals surface area contributed by atoms with Gasteiger partial charge >= 0.3 is 0 Å². The number of hydrogen-bond donors (Lipinski definition) is 1. The van der Waals surface area contributed by atoms with Crippen LogP contribution in [0.25, 0.3) is 0 Å². The molecule has 0 aliphatic carbocycles. The van der Waals surface area contributed by atoms with Gasteiger partial charge in [0, 0.05) is 56.6 Å². The van der Waals surface area contributed by atoms with Gasteiger partial charge in [-0.05, 0) is 51.7 Å². The van der Waals surface area contributed by atoms with Gasteiger partial charge in [0.15, 0.2) is 0 Å². The van der Waals surface area contributed by atoms with Gasteiger partial charge in [0.2, 0.25) is 0 Å². The third-order valence-electron chi connectivity index (χ3n) is 5.25. The van der Waals surface area contributed by atoms with Crippen molar-refractivity contribution >= 4 is 11.6 Å². The van der Waals surface area contributed by atoms with Crippen molar-refractivity contribution in [3.05, 3.63) is 29.8 Å². The fourth-order valence-electron chi connectivity index (χ4n) is 3.36. The molecule has 1 aliphatic rings. The van der Waals surface area contributed by atoms with E-state index >= 15 is 0 Å². The SMILES string of the molecule is CCCCN(C)c1ccc(C(=O)NC(C)C2CN(C)CCN2C)cc1. The summed E-state index contributed by atoms with van der Waals surface area (Å²) >= 11 is 0. The second-order valence-corrected chi connectivity index (χ2v) is 7.39. The molecular formula is C20H34N4O. The molecule has 25 heavy (non-hydrogen) atoms. The first kappa shape index (κ1) is 19.7. The quantitative estimate of drug-likeness (QED) is 0.822. The molecule has 2 rings (SSSR count). The Labute approximate surface area is 153 Å². The molecule has 1 heterocycles. The number of piperazine rings is 1. The molecule has 5 nitrogen and oxygen atoms in total. The third kappa shape index (κ3) is 5.44. The van der Waals surface area contributed by atoms with E-state index in [0.717, 1.165) is 37.4 Å². The van der Waals surface area contributed by atoms with Crippen LogP contribution in [-0.4, -0.2) is 75.1 Å². The van der Waals surface area contributed by atoms with Crippen molar-refractivity contribution in [2.75, 3.05) is 52.2 Å².